The topological polar surface area (TPSA) is 79.0 Å². The van der Waals surface area contributed by atoms with Crippen molar-refractivity contribution in [1.29, 1.82) is 0 Å². The van der Waals surface area contributed by atoms with Gasteiger partial charge in [-0.1, -0.05) is 20.8 Å². The molecule has 0 unspecified atom stereocenters. The average Bonchev–Trinajstić information content (AvgIpc) is 2.92. The van der Waals surface area contributed by atoms with Gasteiger partial charge in [-0.15, -0.1) is 0 Å². The standard InChI is InChI=1S/C15H26N4O2/c1-6-10-7-11(19-18-10)9-16-13(20)17-12-8-15(4,21-5)14(12,2)3/h7,12H,6,8-9H2,1-5H3,(H,18,19)(H2,16,17,20)/t12-,15-/m1/s1. The van der Waals surface area contributed by atoms with Gasteiger partial charge in [0.2, 0.25) is 0 Å². The molecule has 1 heterocycles. The lowest BCUT2D eigenvalue weighted by Gasteiger charge is -2.59. The first-order valence-corrected chi connectivity index (χ1v) is 7.45. The van der Waals surface area contributed by atoms with Gasteiger partial charge in [0.25, 0.3) is 0 Å². The van der Waals surface area contributed by atoms with Gasteiger partial charge >= 0.3 is 6.03 Å². The largest absolute Gasteiger partial charge is 0.378 e. The summed E-state index contributed by atoms with van der Waals surface area (Å²) in [5.41, 5.74) is 1.66. The highest BCUT2D eigenvalue weighted by atomic mass is 16.5. The highest BCUT2D eigenvalue weighted by molar-refractivity contribution is 5.74. The SMILES string of the molecule is CCc1cc(CNC(=O)N[C@@H]2C[C@@](C)(OC)C2(C)C)[nH]n1. The molecule has 2 atom stereocenters. The second-order valence-electron chi connectivity index (χ2n) is 6.48. The molecule has 0 saturated heterocycles. The van der Waals surface area contributed by atoms with Crippen molar-refractivity contribution in [1.82, 2.24) is 20.8 Å². The van der Waals surface area contributed by atoms with Gasteiger partial charge in [-0.25, -0.2) is 4.79 Å². The Morgan fingerprint density at radius 3 is 2.76 bits per heavy atom. The average molecular weight is 294 g/mol. The number of aromatic nitrogens is 2. The number of ether oxygens (including phenoxy) is 1. The number of methoxy groups -OCH3 is 1. The second-order valence-corrected chi connectivity index (χ2v) is 6.48. The normalized spacial score (nSPS) is 27.0. The smallest absolute Gasteiger partial charge is 0.315 e. The van der Waals surface area contributed by atoms with Gasteiger partial charge in [-0.3, -0.25) is 5.10 Å². The maximum Gasteiger partial charge on any atom is 0.315 e. The van der Waals surface area contributed by atoms with Crippen molar-refractivity contribution in [3.05, 3.63) is 17.5 Å². The number of H-pyrrole nitrogens is 1. The Morgan fingerprint density at radius 2 is 2.24 bits per heavy atom. The fourth-order valence-corrected chi connectivity index (χ4v) is 2.79. The quantitative estimate of drug-likeness (QED) is 0.777. The third-order valence-corrected chi connectivity index (χ3v) is 5.07. The van der Waals surface area contributed by atoms with E-state index in [0.29, 0.717) is 6.54 Å². The van der Waals surface area contributed by atoms with Crippen molar-refractivity contribution >= 4 is 6.03 Å². The van der Waals surface area contributed by atoms with E-state index < -0.39 is 0 Å². The lowest BCUT2D eigenvalue weighted by molar-refractivity contribution is -0.177. The molecule has 1 aliphatic carbocycles. The molecule has 2 amide bonds. The molecule has 1 aliphatic rings. The number of carbonyl (C=O) groups excluding carboxylic acids is 1. The van der Waals surface area contributed by atoms with Crippen LogP contribution in [0, 0.1) is 5.41 Å². The van der Waals surface area contributed by atoms with Crippen LogP contribution in [0.2, 0.25) is 0 Å². The fourth-order valence-electron chi connectivity index (χ4n) is 2.79. The molecule has 0 spiro atoms. The molecular formula is C15H26N4O2. The van der Waals surface area contributed by atoms with Crippen LogP contribution in [0.1, 0.15) is 45.5 Å². The molecule has 3 N–H and O–H groups in total. The highest BCUT2D eigenvalue weighted by Crippen LogP contribution is 2.51. The summed E-state index contributed by atoms with van der Waals surface area (Å²) in [5.74, 6) is 0. The van der Waals surface area contributed by atoms with E-state index in [2.05, 4.69) is 41.6 Å². The lowest BCUT2D eigenvalue weighted by atomic mass is 9.56. The molecule has 0 bridgehead atoms. The zero-order valence-corrected chi connectivity index (χ0v) is 13.5. The van der Waals surface area contributed by atoms with Crippen LogP contribution in [0.25, 0.3) is 0 Å². The van der Waals surface area contributed by atoms with Crippen molar-refractivity contribution < 1.29 is 9.53 Å². The monoisotopic (exact) mass is 294 g/mol. The number of hydrogen-bond donors (Lipinski definition) is 3. The Morgan fingerprint density at radius 1 is 1.52 bits per heavy atom. The third-order valence-electron chi connectivity index (χ3n) is 5.07. The molecule has 1 saturated carbocycles. The third kappa shape index (κ3) is 2.90. The fraction of sp³-hybridized carbons (Fsp3) is 0.733. The Bertz CT molecular complexity index is 512. The van der Waals surface area contributed by atoms with Crippen LogP contribution in [0.4, 0.5) is 4.79 Å². The number of amides is 2. The Balaban J connectivity index is 1.81. The van der Waals surface area contributed by atoms with E-state index >= 15 is 0 Å². The number of nitrogens with one attached hydrogen (secondary N) is 3. The maximum absolute atomic E-state index is 12.0. The number of carbonyl (C=O) groups is 1. The second kappa shape index (κ2) is 5.67. The van der Waals surface area contributed by atoms with E-state index in [4.69, 9.17) is 4.74 Å². The van der Waals surface area contributed by atoms with Crippen molar-refractivity contribution in [2.45, 2.75) is 58.7 Å². The number of hydrogen-bond acceptors (Lipinski definition) is 3. The van der Waals surface area contributed by atoms with Gasteiger partial charge in [0.05, 0.1) is 23.5 Å². The van der Waals surface area contributed by atoms with Gasteiger partial charge in [-0.2, -0.15) is 5.10 Å². The van der Waals surface area contributed by atoms with Gasteiger partial charge in [-0.05, 0) is 25.8 Å². The van der Waals surface area contributed by atoms with Crippen LogP contribution in [0.3, 0.4) is 0 Å². The van der Waals surface area contributed by atoms with Gasteiger partial charge in [0, 0.05) is 18.6 Å². The molecule has 0 aromatic carbocycles. The van der Waals surface area contributed by atoms with Crippen molar-refractivity contribution in [2.24, 2.45) is 5.41 Å². The van der Waals surface area contributed by atoms with Crippen LogP contribution in [-0.2, 0) is 17.7 Å². The Hall–Kier alpha value is -1.56. The van der Waals surface area contributed by atoms with E-state index in [1.807, 2.05) is 13.0 Å². The molecule has 1 aromatic heterocycles. The van der Waals surface area contributed by atoms with Crippen molar-refractivity contribution in [3.8, 4) is 0 Å². The maximum atomic E-state index is 12.0. The minimum absolute atomic E-state index is 0.0809. The first kappa shape index (κ1) is 15.8. The number of aromatic amines is 1. The zero-order valence-electron chi connectivity index (χ0n) is 13.5. The molecule has 6 heteroatoms. The summed E-state index contributed by atoms with van der Waals surface area (Å²) < 4.78 is 5.56. The minimum Gasteiger partial charge on any atom is -0.378 e. The predicted octanol–water partition coefficient (Wildman–Crippen LogP) is 1.97. The molecule has 1 fully saturated rings. The summed E-state index contributed by atoms with van der Waals surface area (Å²) in [6.45, 7) is 8.82. The van der Waals surface area contributed by atoms with E-state index in [0.717, 1.165) is 24.2 Å². The van der Waals surface area contributed by atoms with E-state index in [1.54, 1.807) is 7.11 Å². The first-order chi connectivity index (χ1) is 9.82. The molecule has 21 heavy (non-hydrogen) atoms. The number of nitrogens with zero attached hydrogens (tertiary/aromatic N) is 1. The molecular weight excluding hydrogens is 268 g/mol. The summed E-state index contributed by atoms with van der Waals surface area (Å²) in [6.07, 6.45) is 1.71. The molecule has 1 aromatic rings. The van der Waals surface area contributed by atoms with Crippen LogP contribution in [-0.4, -0.2) is 35.0 Å². The summed E-state index contributed by atoms with van der Waals surface area (Å²) in [6, 6.07) is 1.93. The summed E-state index contributed by atoms with van der Waals surface area (Å²) in [7, 11) is 1.72. The number of aryl methyl sites for hydroxylation is 1. The number of rotatable bonds is 5. The summed E-state index contributed by atoms with van der Waals surface area (Å²) in [4.78, 5) is 12.0. The molecule has 118 valence electrons. The Labute approximate surface area is 126 Å². The number of urea groups is 1. The summed E-state index contributed by atoms with van der Waals surface area (Å²) >= 11 is 0. The highest BCUT2D eigenvalue weighted by Gasteiger charge is 2.58. The van der Waals surface area contributed by atoms with Gasteiger partial charge < -0.3 is 15.4 Å². The molecule has 6 nitrogen and oxygen atoms in total. The van der Waals surface area contributed by atoms with Crippen LogP contribution >= 0.6 is 0 Å². The van der Waals surface area contributed by atoms with Gasteiger partial charge in [0.15, 0.2) is 0 Å². The van der Waals surface area contributed by atoms with E-state index in [1.165, 1.54) is 0 Å². The van der Waals surface area contributed by atoms with Crippen LogP contribution < -0.4 is 10.6 Å². The lowest BCUT2D eigenvalue weighted by Crippen LogP contribution is -2.69. The van der Waals surface area contributed by atoms with Crippen molar-refractivity contribution in [2.75, 3.05) is 7.11 Å². The first-order valence-electron chi connectivity index (χ1n) is 7.45. The molecule has 0 radical (unpaired) electrons. The van der Waals surface area contributed by atoms with Gasteiger partial charge in [0.1, 0.15) is 0 Å². The Kier molecular flexibility index (Phi) is 4.27. The summed E-state index contributed by atoms with van der Waals surface area (Å²) in [5, 5.41) is 12.9. The van der Waals surface area contributed by atoms with Crippen LogP contribution in [0.5, 0.6) is 0 Å². The molecule has 0 aliphatic heterocycles. The zero-order chi connectivity index (χ0) is 15.7. The predicted molar refractivity (Wildman–Crippen MR) is 80.9 cm³/mol. The van der Waals surface area contributed by atoms with E-state index in [-0.39, 0.29) is 23.1 Å². The molecule has 2 rings (SSSR count). The van der Waals surface area contributed by atoms with Crippen LogP contribution in [0.15, 0.2) is 6.07 Å². The van der Waals surface area contributed by atoms with E-state index in [9.17, 15) is 4.79 Å². The minimum atomic E-state index is -0.176. The van der Waals surface area contributed by atoms with Crippen molar-refractivity contribution in [3.63, 3.8) is 0 Å².